The van der Waals surface area contributed by atoms with Crippen LogP contribution in [0.1, 0.15) is 15.9 Å². The van der Waals surface area contributed by atoms with Gasteiger partial charge in [-0.1, -0.05) is 0 Å². The van der Waals surface area contributed by atoms with Crippen LogP contribution >= 0.6 is 23.2 Å². The number of carbonyl (C=O) groups excluding carboxylic acids is 2. The lowest BCUT2D eigenvalue weighted by molar-refractivity contribution is -0.114. The van der Waals surface area contributed by atoms with Crippen molar-refractivity contribution < 1.29 is 9.59 Å². The summed E-state index contributed by atoms with van der Waals surface area (Å²) in [5, 5.41) is 15.3. The molecule has 2 aromatic heterocycles. The Kier molecular flexibility index (Phi) is 9.34. The van der Waals surface area contributed by atoms with Crippen LogP contribution in [0.5, 0.6) is 0 Å². The van der Waals surface area contributed by atoms with E-state index in [1.807, 2.05) is 11.9 Å². The second kappa shape index (κ2) is 13.1. The number of hydrogen-bond acceptors (Lipinski definition) is 6. The van der Waals surface area contributed by atoms with Crippen LogP contribution in [0, 0.1) is 11.3 Å². The van der Waals surface area contributed by atoms with E-state index >= 15 is 0 Å². The summed E-state index contributed by atoms with van der Waals surface area (Å²) < 4.78 is 1.80. The molecule has 0 spiro atoms. The van der Waals surface area contributed by atoms with Crippen LogP contribution in [0.3, 0.4) is 0 Å². The number of amides is 2. The van der Waals surface area contributed by atoms with Gasteiger partial charge in [0.15, 0.2) is 11.8 Å². The molecule has 0 aliphatic rings. The molecule has 0 aliphatic carbocycles. The van der Waals surface area contributed by atoms with E-state index in [1.165, 1.54) is 0 Å². The number of hydrogen-bond donors (Lipinski definition) is 5. The van der Waals surface area contributed by atoms with E-state index in [0.29, 0.717) is 75.6 Å². The average Bonchev–Trinajstić information content (AvgIpc) is 3.53. The SMILES string of the molecule is Cn1cc(NC(=O)CN=C(N)N)cc1-c1nc2ccc(C(=O)Nc3ccc(N(CCCl)CCCl)c(C#N)c3)cc2[nH]1. The van der Waals surface area contributed by atoms with E-state index < -0.39 is 0 Å². The highest BCUT2D eigenvalue weighted by molar-refractivity contribution is 6.18. The fourth-order valence-electron chi connectivity index (χ4n) is 4.24. The van der Waals surface area contributed by atoms with Crippen LogP contribution in [0.25, 0.3) is 22.6 Å². The number of fused-ring (bicyclic) bond motifs is 1. The van der Waals surface area contributed by atoms with Crippen molar-refractivity contribution in [3.05, 3.63) is 59.8 Å². The lowest BCUT2D eigenvalue weighted by atomic mass is 10.1. The summed E-state index contributed by atoms with van der Waals surface area (Å²) in [6.07, 6.45) is 1.74. The number of nitrogens with two attached hydrogens (primary N) is 2. The molecule has 0 saturated carbocycles. The van der Waals surface area contributed by atoms with Gasteiger partial charge in [-0.05, 0) is 42.5 Å². The first kappa shape index (κ1) is 29.3. The van der Waals surface area contributed by atoms with Crippen molar-refractivity contribution in [3.63, 3.8) is 0 Å². The Morgan fingerprint density at radius 2 is 1.85 bits per heavy atom. The highest BCUT2D eigenvalue weighted by atomic mass is 35.5. The quantitative estimate of drug-likeness (QED) is 0.100. The third-order valence-corrected chi connectivity index (χ3v) is 6.44. The molecule has 2 aromatic carbocycles. The molecule has 212 valence electrons. The molecular weight excluding hydrogens is 567 g/mol. The van der Waals surface area contributed by atoms with E-state index in [-0.39, 0.29) is 24.3 Å². The predicted octanol–water partition coefficient (Wildman–Crippen LogP) is 3.19. The van der Waals surface area contributed by atoms with E-state index in [2.05, 4.69) is 31.7 Å². The maximum absolute atomic E-state index is 13.1. The minimum Gasteiger partial charge on any atom is -0.370 e. The van der Waals surface area contributed by atoms with Crippen molar-refractivity contribution in [2.75, 3.05) is 46.9 Å². The fraction of sp³-hybridized carbons (Fsp3) is 0.222. The normalized spacial score (nSPS) is 10.7. The second-order valence-corrected chi connectivity index (χ2v) is 9.75. The number of guanidine groups is 1. The standard InChI is InChI=1S/C27H28Cl2N10O2/c1-38-15-19(34-24(40)14-33-27(31)32)12-23(38)25-36-20-4-2-16(11-21(20)37-25)26(41)35-18-3-5-22(17(10-18)13-30)39(8-6-28)9-7-29/h2-5,10-12,15H,6-9,14H2,1H3,(H,34,40)(H,35,41)(H,36,37)(H4,31,32,33). The van der Waals surface area contributed by atoms with Crippen LogP contribution in [0.2, 0.25) is 0 Å². The average molecular weight is 595 g/mol. The lowest BCUT2D eigenvalue weighted by Gasteiger charge is -2.24. The zero-order valence-corrected chi connectivity index (χ0v) is 23.6. The van der Waals surface area contributed by atoms with Gasteiger partial charge >= 0.3 is 0 Å². The zero-order valence-electron chi connectivity index (χ0n) is 22.1. The Balaban J connectivity index is 1.51. The number of benzene rings is 2. The van der Waals surface area contributed by atoms with Crippen LogP contribution in [-0.4, -0.2) is 63.7 Å². The molecule has 2 amide bonds. The fourth-order valence-corrected chi connectivity index (χ4v) is 4.65. The van der Waals surface area contributed by atoms with Crippen LogP contribution in [0.15, 0.2) is 53.7 Å². The van der Waals surface area contributed by atoms with Crippen molar-refractivity contribution in [3.8, 4) is 17.6 Å². The summed E-state index contributed by atoms with van der Waals surface area (Å²) >= 11 is 11.8. The Morgan fingerprint density at radius 1 is 1.10 bits per heavy atom. The molecule has 0 atom stereocenters. The molecule has 2 heterocycles. The number of H-pyrrole nitrogens is 1. The molecule has 7 N–H and O–H groups in total. The van der Waals surface area contributed by atoms with Gasteiger partial charge < -0.3 is 36.6 Å². The number of imidazole rings is 1. The van der Waals surface area contributed by atoms with Gasteiger partial charge in [-0.2, -0.15) is 5.26 Å². The maximum atomic E-state index is 13.1. The van der Waals surface area contributed by atoms with Crippen LogP contribution < -0.4 is 27.0 Å². The molecule has 4 aromatic rings. The molecular formula is C27H28Cl2N10O2. The molecule has 0 saturated heterocycles. The molecule has 4 rings (SSSR count). The van der Waals surface area contributed by atoms with Crippen molar-refractivity contribution in [1.82, 2.24) is 14.5 Å². The van der Waals surface area contributed by atoms with E-state index in [9.17, 15) is 14.9 Å². The highest BCUT2D eigenvalue weighted by Crippen LogP contribution is 2.27. The van der Waals surface area contributed by atoms with Gasteiger partial charge in [0.05, 0.1) is 33.7 Å². The first-order valence-corrected chi connectivity index (χ1v) is 13.5. The minimum atomic E-state index is -0.366. The van der Waals surface area contributed by atoms with E-state index in [1.54, 1.807) is 53.2 Å². The third-order valence-electron chi connectivity index (χ3n) is 6.11. The summed E-state index contributed by atoms with van der Waals surface area (Å²) in [4.78, 5) is 38.6. The summed E-state index contributed by atoms with van der Waals surface area (Å²) in [6, 6.07) is 14.2. The predicted molar refractivity (Wildman–Crippen MR) is 163 cm³/mol. The number of aromatic amines is 1. The number of nitriles is 1. The number of carbonyl (C=O) groups is 2. The van der Waals surface area contributed by atoms with E-state index in [4.69, 9.17) is 34.7 Å². The Hall–Kier alpha value is -4.73. The zero-order chi connectivity index (χ0) is 29.5. The van der Waals surface area contributed by atoms with Crippen molar-refractivity contribution in [1.29, 1.82) is 5.26 Å². The number of nitrogens with zero attached hydrogens (tertiary/aromatic N) is 5. The van der Waals surface area contributed by atoms with Gasteiger partial charge in [-0.25, -0.2) is 9.98 Å². The van der Waals surface area contributed by atoms with Gasteiger partial charge in [0.2, 0.25) is 5.91 Å². The first-order valence-electron chi connectivity index (χ1n) is 12.5. The monoisotopic (exact) mass is 594 g/mol. The number of anilines is 3. The molecule has 12 nitrogen and oxygen atoms in total. The summed E-state index contributed by atoms with van der Waals surface area (Å²) in [7, 11) is 1.82. The number of nitrogens with one attached hydrogen (secondary N) is 3. The topological polar surface area (TPSA) is 183 Å². The molecule has 0 bridgehead atoms. The second-order valence-electron chi connectivity index (χ2n) is 8.99. The Bertz CT molecular complexity index is 1640. The molecule has 14 heteroatoms. The molecule has 0 fully saturated rings. The number of halogens is 2. The van der Waals surface area contributed by atoms with Crippen molar-refractivity contribution in [2.24, 2.45) is 23.5 Å². The maximum Gasteiger partial charge on any atom is 0.255 e. The summed E-state index contributed by atoms with van der Waals surface area (Å²) in [6.45, 7) is 0.891. The number of rotatable bonds is 11. The number of aliphatic imine (C=N–C) groups is 1. The van der Waals surface area contributed by atoms with Crippen LogP contribution in [0.4, 0.5) is 17.1 Å². The van der Waals surface area contributed by atoms with Gasteiger partial charge in [0, 0.05) is 49.3 Å². The third kappa shape index (κ3) is 7.08. The largest absolute Gasteiger partial charge is 0.370 e. The van der Waals surface area contributed by atoms with Gasteiger partial charge in [-0.15, -0.1) is 23.2 Å². The number of alkyl halides is 2. The van der Waals surface area contributed by atoms with Crippen molar-refractivity contribution >= 4 is 69.1 Å². The molecule has 0 aliphatic heterocycles. The minimum absolute atomic E-state index is 0.165. The van der Waals surface area contributed by atoms with Gasteiger partial charge in [-0.3, -0.25) is 9.59 Å². The lowest BCUT2D eigenvalue weighted by Crippen LogP contribution is -2.28. The smallest absolute Gasteiger partial charge is 0.255 e. The molecule has 0 radical (unpaired) electrons. The summed E-state index contributed by atoms with van der Waals surface area (Å²) in [5.41, 5.74) is 15.1. The number of aryl methyl sites for hydroxylation is 1. The van der Waals surface area contributed by atoms with Gasteiger partial charge in [0.1, 0.15) is 12.6 Å². The number of aromatic nitrogens is 3. The molecule has 0 unspecified atom stereocenters. The first-order chi connectivity index (χ1) is 19.7. The van der Waals surface area contributed by atoms with E-state index in [0.717, 1.165) is 0 Å². The highest BCUT2D eigenvalue weighted by Gasteiger charge is 2.16. The summed E-state index contributed by atoms with van der Waals surface area (Å²) in [5.74, 6) is 0.457. The van der Waals surface area contributed by atoms with Gasteiger partial charge in [0.25, 0.3) is 5.91 Å². The Morgan fingerprint density at radius 3 is 2.54 bits per heavy atom. The Labute approximate surface area is 245 Å². The molecule has 41 heavy (non-hydrogen) atoms. The van der Waals surface area contributed by atoms with Crippen LogP contribution in [-0.2, 0) is 11.8 Å². The van der Waals surface area contributed by atoms with Crippen molar-refractivity contribution in [2.45, 2.75) is 0 Å².